The van der Waals surface area contributed by atoms with Gasteiger partial charge < -0.3 is 18.8 Å². The van der Waals surface area contributed by atoms with E-state index in [1.807, 2.05) is 18.2 Å². The summed E-state index contributed by atoms with van der Waals surface area (Å²) in [5.74, 6) is -0.944. The van der Waals surface area contributed by atoms with Gasteiger partial charge >= 0.3 is 5.97 Å². The number of esters is 1. The highest BCUT2D eigenvalue weighted by Crippen LogP contribution is 2.50. The zero-order valence-electron chi connectivity index (χ0n) is 33.0. The number of nitrogens with zero attached hydrogens (tertiary/aromatic N) is 1. The van der Waals surface area contributed by atoms with Crippen LogP contribution in [-0.4, -0.2) is 66.0 Å². The highest BCUT2D eigenvalue weighted by Gasteiger charge is 2.62. The maximum Gasteiger partial charge on any atom is 0.305 e. The lowest BCUT2D eigenvalue weighted by Crippen LogP contribution is -2.51. The minimum Gasteiger partial charge on any atom is -0.469 e. The zero-order valence-corrected chi connectivity index (χ0v) is 35.9. The molecule has 1 N–H and O–H groups in total. The van der Waals surface area contributed by atoms with Crippen molar-refractivity contribution in [3.05, 3.63) is 54.6 Å². The molecule has 1 aliphatic rings. The molecule has 1 aromatic rings. The molecule has 0 radical (unpaired) electrons. The number of methoxy groups -OCH3 is 1. The van der Waals surface area contributed by atoms with Crippen LogP contribution in [-0.2, 0) is 28.2 Å². The molecular weight excluding hydrogens is 683 g/mol. The van der Waals surface area contributed by atoms with E-state index < -0.39 is 43.2 Å². The van der Waals surface area contributed by atoms with Crippen LogP contribution < -0.4 is 0 Å². The van der Waals surface area contributed by atoms with Crippen molar-refractivity contribution in [2.75, 3.05) is 7.11 Å². The van der Waals surface area contributed by atoms with Gasteiger partial charge in [0, 0.05) is 18.8 Å². The molecule has 2 rings (SSSR count). The third-order valence-corrected chi connectivity index (χ3v) is 22.7. The van der Waals surface area contributed by atoms with E-state index in [1.54, 1.807) is 30.3 Å². The maximum atomic E-state index is 15.1. The summed E-state index contributed by atoms with van der Waals surface area (Å²) in [5.41, 5.74) is 0.201. The zero-order chi connectivity index (χ0) is 38.0. The van der Waals surface area contributed by atoms with Gasteiger partial charge in [0.1, 0.15) is 4.75 Å². The molecule has 8 nitrogen and oxygen atoms in total. The standard InChI is InChI=1S/C39H67NO7SSi2/c1-13-14-18-23-31(46-49(9,10)37(2,3)4)27-28-33-34(47-50(11,12)38(5,6)7)30-35(40-42)39(33,29-22-16-15-21-26-36(41)45-8)48(43,44)32-24-19-17-20-25-32/h16-17,19-20,22,24-25,27-28,31,33-34,42H,13-15,18,21,23,26,29-30H2,1-12H3/b22-16-,28-27+,40-35+/t31-,33-,34+,39+/m0/s1. The van der Waals surface area contributed by atoms with Gasteiger partial charge in [0.15, 0.2) is 26.5 Å². The Morgan fingerprint density at radius 3 is 2.16 bits per heavy atom. The summed E-state index contributed by atoms with van der Waals surface area (Å²) in [5, 5.41) is 14.3. The molecule has 0 amide bonds. The van der Waals surface area contributed by atoms with E-state index in [0.29, 0.717) is 12.8 Å². The summed E-state index contributed by atoms with van der Waals surface area (Å²) in [6.07, 6.45) is 12.8. The molecule has 0 aromatic heterocycles. The van der Waals surface area contributed by atoms with Crippen LogP contribution in [0.3, 0.4) is 0 Å². The van der Waals surface area contributed by atoms with Crippen molar-refractivity contribution in [1.29, 1.82) is 0 Å². The molecule has 0 saturated heterocycles. The van der Waals surface area contributed by atoms with Crippen molar-refractivity contribution in [3.8, 4) is 0 Å². The number of benzene rings is 1. The van der Waals surface area contributed by atoms with Crippen LogP contribution in [0.15, 0.2) is 64.7 Å². The van der Waals surface area contributed by atoms with Crippen molar-refractivity contribution in [2.24, 2.45) is 11.1 Å². The molecule has 284 valence electrons. The Labute approximate surface area is 306 Å². The maximum absolute atomic E-state index is 15.1. The number of sulfone groups is 1. The van der Waals surface area contributed by atoms with Crippen LogP contribution in [0.5, 0.6) is 0 Å². The quantitative estimate of drug-likeness (QED) is 0.0397. The van der Waals surface area contributed by atoms with Gasteiger partial charge in [-0.1, -0.05) is 115 Å². The number of unbranched alkanes of at least 4 members (excludes halogenated alkanes) is 3. The van der Waals surface area contributed by atoms with E-state index >= 15 is 8.42 Å². The fourth-order valence-corrected chi connectivity index (χ4v) is 10.9. The minimum absolute atomic E-state index is 0.000960. The molecule has 11 heteroatoms. The second kappa shape index (κ2) is 18.1. The van der Waals surface area contributed by atoms with Crippen molar-refractivity contribution >= 4 is 38.2 Å². The van der Waals surface area contributed by atoms with Crippen molar-refractivity contribution < 1.29 is 32.0 Å². The van der Waals surface area contributed by atoms with Gasteiger partial charge in [-0.2, -0.15) is 0 Å². The molecular formula is C39H67NO7SSi2. The molecule has 0 aliphatic heterocycles. The number of hydrogen-bond acceptors (Lipinski definition) is 8. The van der Waals surface area contributed by atoms with Gasteiger partial charge in [0.05, 0.1) is 29.9 Å². The molecule has 1 saturated carbocycles. The van der Waals surface area contributed by atoms with Crippen LogP contribution in [0.1, 0.15) is 106 Å². The third kappa shape index (κ3) is 10.7. The summed E-state index contributed by atoms with van der Waals surface area (Å²) in [7, 11) is -7.36. The van der Waals surface area contributed by atoms with Crippen LogP contribution in [0, 0.1) is 5.92 Å². The van der Waals surface area contributed by atoms with Gasteiger partial charge in [0.25, 0.3) is 0 Å². The summed E-state index contributed by atoms with van der Waals surface area (Å²) in [6.45, 7) is 24.2. The fraction of sp³-hybridized carbons (Fsp3) is 0.692. The van der Waals surface area contributed by atoms with Gasteiger partial charge in [-0.05, 0) is 74.1 Å². The Bertz CT molecular complexity index is 1430. The SMILES string of the molecule is CCCCC[C@@H](/C=C/[C@H]1[C@H](O[Si](C)(C)C(C)(C)C)C/C(=N\O)[C@]1(C/C=C\CCCC(=O)OC)S(=O)(=O)c1ccccc1)O[Si](C)(C)C(C)(C)C. The number of rotatable bonds is 18. The molecule has 0 spiro atoms. The Morgan fingerprint density at radius 1 is 1.00 bits per heavy atom. The Hall–Kier alpha value is -2.06. The van der Waals surface area contributed by atoms with E-state index in [-0.39, 0.29) is 52.0 Å². The van der Waals surface area contributed by atoms with Crippen LogP contribution in [0.25, 0.3) is 0 Å². The molecule has 1 aromatic carbocycles. The number of ether oxygens (including phenoxy) is 1. The number of allylic oxidation sites excluding steroid dienone is 2. The lowest BCUT2D eigenvalue weighted by molar-refractivity contribution is -0.140. The molecule has 1 fully saturated rings. The number of hydrogen-bond donors (Lipinski definition) is 1. The summed E-state index contributed by atoms with van der Waals surface area (Å²) >= 11 is 0. The Morgan fingerprint density at radius 2 is 1.62 bits per heavy atom. The lowest BCUT2D eigenvalue weighted by atomic mass is 9.88. The normalized spacial score (nSPS) is 22.5. The molecule has 0 heterocycles. The number of carbonyl (C=O) groups is 1. The average molecular weight is 750 g/mol. The molecule has 4 atom stereocenters. The van der Waals surface area contributed by atoms with Gasteiger partial charge in [-0.15, -0.1) is 0 Å². The molecule has 0 unspecified atom stereocenters. The predicted octanol–water partition coefficient (Wildman–Crippen LogP) is 10.3. The van der Waals surface area contributed by atoms with E-state index in [1.165, 1.54) is 7.11 Å². The molecule has 50 heavy (non-hydrogen) atoms. The minimum atomic E-state index is -4.14. The second-order valence-corrected chi connectivity index (χ2v) is 28.6. The first kappa shape index (κ1) is 44.1. The highest BCUT2D eigenvalue weighted by molar-refractivity contribution is 7.93. The first-order valence-corrected chi connectivity index (χ1v) is 25.7. The van der Waals surface area contributed by atoms with Gasteiger partial charge in [-0.25, -0.2) is 8.42 Å². The van der Waals surface area contributed by atoms with Crippen LogP contribution in [0.2, 0.25) is 36.3 Å². The monoisotopic (exact) mass is 749 g/mol. The first-order chi connectivity index (χ1) is 23.1. The van der Waals surface area contributed by atoms with Crippen LogP contribution >= 0.6 is 0 Å². The molecule has 0 bridgehead atoms. The van der Waals surface area contributed by atoms with Crippen molar-refractivity contribution in [1.82, 2.24) is 0 Å². The summed E-state index contributed by atoms with van der Waals surface area (Å²) < 4.78 is 47.5. The Kier molecular flexibility index (Phi) is 16.0. The Balaban J connectivity index is 2.84. The van der Waals surface area contributed by atoms with E-state index in [2.05, 4.69) is 85.9 Å². The fourth-order valence-electron chi connectivity index (χ4n) is 6.00. The van der Waals surface area contributed by atoms with Gasteiger partial charge in [0.2, 0.25) is 0 Å². The highest BCUT2D eigenvalue weighted by atomic mass is 32.2. The van der Waals surface area contributed by atoms with E-state index in [4.69, 9.17) is 13.6 Å². The summed E-state index contributed by atoms with van der Waals surface area (Å²) in [6, 6.07) is 8.47. The van der Waals surface area contributed by atoms with Crippen molar-refractivity contribution in [3.63, 3.8) is 0 Å². The largest absolute Gasteiger partial charge is 0.469 e. The van der Waals surface area contributed by atoms with E-state index in [9.17, 15) is 10.0 Å². The van der Waals surface area contributed by atoms with Crippen molar-refractivity contribution in [2.45, 2.75) is 164 Å². The predicted molar refractivity (Wildman–Crippen MR) is 211 cm³/mol. The number of carbonyl (C=O) groups excluding carboxylic acids is 1. The van der Waals surface area contributed by atoms with Crippen LogP contribution in [0.4, 0.5) is 0 Å². The molecule has 1 aliphatic carbocycles. The second-order valence-electron chi connectivity index (χ2n) is 16.8. The third-order valence-electron chi connectivity index (χ3n) is 11.2. The average Bonchev–Trinajstić information content (AvgIpc) is 3.33. The lowest BCUT2D eigenvalue weighted by Gasteiger charge is -2.41. The van der Waals surface area contributed by atoms with Gasteiger partial charge in [-0.3, -0.25) is 4.79 Å². The summed E-state index contributed by atoms with van der Waals surface area (Å²) in [4.78, 5) is 11.9. The number of oxime groups is 1. The first-order valence-electron chi connectivity index (χ1n) is 18.4. The topological polar surface area (TPSA) is 111 Å². The van der Waals surface area contributed by atoms with E-state index in [0.717, 1.165) is 25.7 Å². The smallest absolute Gasteiger partial charge is 0.305 e.